The molecular formula is C45H52ClN5O6. The number of aliphatic carboxylic acids is 1. The number of hydrogen-bond donors (Lipinski definition) is 2. The zero-order valence-corrected chi connectivity index (χ0v) is 33.8. The number of nitrogens with zero attached hydrogens (tertiary/aromatic N) is 4. The van der Waals surface area contributed by atoms with Gasteiger partial charge in [-0.05, 0) is 98.5 Å². The van der Waals surface area contributed by atoms with E-state index in [2.05, 4.69) is 47.3 Å². The summed E-state index contributed by atoms with van der Waals surface area (Å²) in [5.41, 5.74) is 7.26. The standard InChI is InChI=1S/C45H52ClN5O6/c1-30-35(9-6-10-38(30)39-11-7-13-42(31(39)2)55-20-8-16-50-18-14-37(15-19-50)49-32(3)52)29-57-44-23-43(56-28-34-21-33(24-47)25-48-26-34)36(22-40(44)46)27-51-17-5-4-12-41(51)45(53)54/h6-7,9-11,13,21-23,25-26,37,41H,4-5,8,12,14-20,27-29H2,1-3H3,(H,49,52)(H,53,54)/t41-/m0/s1. The Morgan fingerprint density at radius 2 is 1.65 bits per heavy atom. The summed E-state index contributed by atoms with van der Waals surface area (Å²) in [7, 11) is 0. The molecule has 2 saturated heterocycles. The van der Waals surface area contributed by atoms with E-state index in [-0.39, 0.29) is 25.2 Å². The molecular weight excluding hydrogens is 742 g/mol. The summed E-state index contributed by atoms with van der Waals surface area (Å²) in [6.45, 7) is 10.7. The van der Waals surface area contributed by atoms with Crippen LogP contribution in [0.15, 0.2) is 67.0 Å². The largest absolute Gasteiger partial charge is 0.493 e. The first kappa shape index (κ1) is 41.5. The summed E-state index contributed by atoms with van der Waals surface area (Å²) in [4.78, 5) is 32.0. The predicted octanol–water partition coefficient (Wildman–Crippen LogP) is 7.86. The number of carbonyl (C=O) groups is 2. The van der Waals surface area contributed by atoms with Crippen LogP contribution in [-0.4, -0.2) is 76.6 Å². The Labute approximate surface area is 340 Å². The van der Waals surface area contributed by atoms with Crippen LogP contribution in [0.5, 0.6) is 17.2 Å². The van der Waals surface area contributed by atoms with Crippen LogP contribution in [0.2, 0.25) is 5.02 Å². The molecule has 3 aromatic carbocycles. The highest BCUT2D eigenvalue weighted by molar-refractivity contribution is 6.32. The molecule has 11 nitrogen and oxygen atoms in total. The number of ether oxygens (including phenoxy) is 3. The monoisotopic (exact) mass is 793 g/mol. The molecule has 2 N–H and O–H groups in total. The third-order valence-electron chi connectivity index (χ3n) is 11.0. The van der Waals surface area contributed by atoms with Gasteiger partial charge < -0.3 is 29.5 Å². The fourth-order valence-electron chi connectivity index (χ4n) is 7.82. The van der Waals surface area contributed by atoms with Crippen molar-refractivity contribution in [1.29, 1.82) is 5.26 Å². The van der Waals surface area contributed by atoms with Gasteiger partial charge in [-0.1, -0.05) is 48.4 Å². The number of nitriles is 1. The van der Waals surface area contributed by atoms with E-state index in [1.54, 1.807) is 31.3 Å². The van der Waals surface area contributed by atoms with Gasteiger partial charge in [0, 0.05) is 68.7 Å². The minimum absolute atomic E-state index is 0.0423. The van der Waals surface area contributed by atoms with Crippen LogP contribution >= 0.6 is 11.6 Å². The molecule has 0 saturated carbocycles. The number of rotatable bonds is 16. The number of pyridine rings is 1. The number of carboxylic acids is 1. The molecule has 3 heterocycles. The molecule has 57 heavy (non-hydrogen) atoms. The van der Waals surface area contributed by atoms with Gasteiger partial charge in [-0.25, -0.2) is 0 Å². The lowest BCUT2D eigenvalue weighted by atomic mass is 9.93. The van der Waals surface area contributed by atoms with Gasteiger partial charge in [0.05, 0.1) is 17.2 Å². The van der Waals surface area contributed by atoms with Gasteiger partial charge in [-0.15, -0.1) is 0 Å². The van der Waals surface area contributed by atoms with Crippen LogP contribution in [0.3, 0.4) is 0 Å². The second-order valence-electron chi connectivity index (χ2n) is 15.0. The van der Waals surface area contributed by atoms with Crippen molar-refractivity contribution in [3.63, 3.8) is 0 Å². The maximum absolute atomic E-state index is 12.1. The Balaban J connectivity index is 1.13. The average molecular weight is 794 g/mol. The number of carboxylic acid groups (broad SMARTS) is 1. The Morgan fingerprint density at radius 3 is 2.40 bits per heavy atom. The highest BCUT2D eigenvalue weighted by Crippen LogP contribution is 2.37. The van der Waals surface area contributed by atoms with Crippen molar-refractivity contribution in [1.82, 2.24) is 20.1 Å². The molecule has 0 unspecified atom stereocenters. The number of hydrogen-bond acceptors (Lipinski definition) is 9. The molecule has 0 bridgehead atoms. The van der Waals surface area contributed by atoms with Crippen LogP contribution in [0.25, 0.3) is 11.1 Å². The lowest BCUT2D eigenvalue weighted by molar-refractivity contribution is -0.144. The summed E-state index contributed by atoms with van der Waals surface area (Å²) in [6, 6.07) is 19.5. The predicted molar refractivity (Wildman–Crippen MR) is 219 cm³/mol. The minimum atomic E-state index is -0.835. The van der Waals surface area contributed by atoms with Gasteiger partial charge in [0.2, 0.25) is 5.91 Å². The third kappa shape index (κ3) is 11.0. The van der Waals surface area contributed by atoms with E-state index < -0.39 is 12.0 Å². The number of halogens is 1. The highest BCUT2D eigenvalue weighted by atomic mass is 35.5. The molecule has 2 aliphatic heterocycles. The first-order chi connectivity index (χ1) is 27.6. The normalized spacial score (nSPS) is 16.4. The second kappa shape index (κ2) is 19.8. The number of carbonyl (C=O) groups excluding carboxylic acids is 1. The van der Waals surface area contributed by atoms with Gasteiger partial charge in [-0.2, -0.15) is 5.26 Å². The first-order valence-corrected chi connectivity index (χ1v) is 20.2. The number of likely N-dealkylation sites (tertiary alicyclic amines) is 2. The molecule has 12 heteroatoms. The average Bonchev–Trinajstić information content (AvgIpc) is 3.20. The Kier molecular flexibility index (Phi) is 14.4. The summed E-state index contributed by atoms with van der Waals surface area (Å²) < 4.78 is 19.0. The highest BCUT2D eigenvalue weighted by Gasteiger charge is 2.29. The van der Waals surface area contributed by atoms with Crippen molar-refractivity contribution in [2.75, 3.05) is 32.8 Å². The molecule has 300 valence electrons. The van der Waals surface area contributed by atoms with E-state index in [1.165, 1.54) is 6.20 Å². The molecule has 1 amide bonds. The zero-order valence-electron chi connectivity index (χ0n) is 33.1. The van der Waals surface area contributed by atoms with Crippen molar-refractivity contribution in [2.24, 2.45) is 0 Å². The van der Waals surface area contributed by atoms with Crippen molar-refractivity contribution < 1.29 is 28.9 Å². The minimum Gasteiger partial charge on any atom is -0.493 e. The Bertz CT molecular complexity index is 2080. The Morgan fingerprint density at radius 1 is 0.895 bits per heavy atom. The number of benzene rings is 3. The van der Waals surface area contributed by atoms with E-state index in [9.17, 15) is 20.0 Å². The third-order valence-corrected chi connectivity index (χ3v) is 11.3. The SMILES string of the molecule is CC(=O)NC1CCN(CCCOc2cccc(-c3cccc(COc4cc(OCc5cncc(C#N)c5)c(CN5CCCC[C@H]5C(=O)O)cc4Cl)c3C)c2C)CC1. The molecule has 2 fully saturated rings. The van der Waals surface area contributed by atoms with Crippen LogP contribution in [0.4, 0.5) is 0 Å². The number of piperidine rings is 2. The maximum atomic E-state index is 12.1. The summed E-state index contributed by atoms with van der Waals surface area (Å²) in [5.74, 6) is 1.04. The quantitative estimate of drug-likeness (QED) is 0.108. The van der Waals surface area contributed by atoms with Crippen molar-refractivity contribution in [2.45, 2.75) is 91.1 Å². The summed E-state index contributed by atoms with van der Waals surface area (Å²) in [6.07, 6.45) is 8.41. The maximum Gasteiger partial charge on any atom is 0.320 e. The first-order valence-electron chi connectivity index (χ1n) is 19.8. The lowest BCUT2D eigenvalue weighted by Gasteiger charge is -2.33. The van der Waals surface area contributed by atoms with E-state index in [1.807, 2.05) is 29.2 Å². The van der Waals surface area contributed by atoms with Crippen LogP contribution in [-0.2, 0) is 29.3 Å². The number of nitrogens with one attached hydrogen (secondary N) is 1. The summed E-state index contributed by atoms with van der Waals surface area (Å²) >= 11 is 6.87. The smallest absolute Gasteiger partial charge is 0.320 e. The topological polar surface area (TPSA) is 137 Å². The molecule has 4 aromatic rings. The molecule has 0 aliphatic carbocycles. The molecule has 0 spiro atoms. The van der Waals surface area contributed by atoms with Gasteiger partial charge >= 0.3 is 5.97 Å². The van der Waals surface area contributed by atoms with Gasteiger partial charge in [0.1, 0.15) is 42.6 Å². The van der Waals surface area contributed by atoms with Crippen molar-refractivity contribution in [3.05, 3.63) is 105 Å². The van der Waals surface area contributed by atoms with Gasteiger partial charge in [0.15, 0.2) is 0 Å². The number of aromatic nitrogens is 1. The zero-order chi connectivity index (χ0) is 40.3. The van der Waals surface area contributed by atoms with Crippen LogP contribution < -0.4 is 19.5 Å². The Hall–Kier alpha value is -5.15. The molecule has 2 aliphatic rings. The second-order valence-corrected chi connectivity index (χ2v) is 15.4. The van der Waals surface area contributed by atoms with Crippen LogP contribution in [0.1, 0.15) is 78.8 Å². The fraction of sp³-hybridized carbons (Fsp3) is 0.422. The molecule has 0 radical (unpaired) electrons. The van der Waals surface area contributed by atoms with E-state index >= 15 is 0 Å². The van der Waals surface area contributed by atoms with E-state index in [4.69, 9.17) is 25.8 Å². The van der Waals surface area contributed by atoms with E-state index in [0.717, 1.165) is 96.4 Å². The fourth-order valence-corrected chi connectivity index (χ4v) is 8.06. The van der Waals surface area contributed by atoms with Crippen LogP contribution in [0, 0.1) is 25.2 Å². The van der Waals surface area contributed by atoms with Gasteiger partial charge in [-0.3, -0.25) is 19.5 Å². The molecule has 1 aromatic heterocycles. The van der Waals surface area contributed by atoms with E-state index in [0.29, 0.717) is 48.2 Å². The lowest BCUT2D eigenvalue weighted by Crippen LogP contribution is -2.44. The molecule has 6 rings (SSSR count). The number of amides is 1. The van der Waals surface area contributed by atoms with Gasteiger partial charge in [0.25, 0.3) is 0 Å². The van der Waals surface area contributed by atoms with Crippen molar-refractivity contribution >= 4 is 23.5 Å². The van der Waals surface area contributed by atoms with Crippen molar-refractivity contribution in [3.8, 4) is 34.4 Å². The molecule has 1 atom stereocenters. The summed E-state index contributed by atoms with van der Waals surface area (Å²) in [5, 5.41) is 22.7.